The second kappa shape index (κ2) is 12.3. The van der Waals surface area contributed by atoms with E-state index in [4.69, 9.17) is 28.2 Å². The van der Waals surface area contributed by atoms with Crippen LogP contribution in [0.4, 0.5) is 4.39 Å². The molecule has 3 aliphatic heterocycles. The van der Waals surface area contributed by atoms with Gasteiger partial charge in [-0.1, -0.05) is 61.3 Å². The SMILES string of the molecule is Cc1nc2c(F)c(-c3cccc(Cl)c3Cl)c(CCC#N)cc2c2c1cc([C@H]1C[C@H](n3cc(C(C)(C)C)nn3)CN1C(=O)C1CC1)n2[C@H]1[C@H]2CN[C@@H]1C2. The van der Waals surface area contributed by atoms with E-state index in [1.807, 2.05) is 23.9 Å². The number of benzene rings is 2. The standard InChI is InChI=1S/C40H41Cl2FN8O/c1-20-26-16-31(30-15-24(18-49(30)39(52)21-10-11-21)50-19-32(47-48-50)40(2,3)4)51(37-23-14-29(37)45-17-23)38(26)27-13-22(7-6-12-44)33(35(43)36(27)46-20)25-8-5-9-28(41)34(25)42/h5,8-9,13,16,19,21,23-24,29-30,37,45H,6-7,10-11,14-15,17-18H2,1-4H3/t23-,24+,29-,30-,37+/m1/s1. The molecule has 268 valence electrons. The molecule has 5 atom stereocenters. The van der Waals surface area contributed by atoms with E-state index in [1.165, 1.54) is 0 Å². The van der Waals surface area contributed by atoms with E-state index >= 15 is 4.39 Å². The molecule has 5 aliphatic rings. The van der Waals surface area contributed by atoms with Crippen molar-refractivity contribution in [2.75, 3.05) is 13.1 Å². The van der Waals surface area contributed by atoms with Crippen LogP contribution in [0.2, 0.25) is 10.0 Å². The number of nitrogens with zero attached hydrogens (tertiary/aromatic N) is 7. The van der Waals surface area contributed by atoms with E-state index in [1.54, 1.807) is 18.2 Å². The molecule has 2 bridgehead atoms. The first-order chi connectivity index (χ1) is 24.9. The average molecular weight is 740 g/mol. The van der Waals surface area contributed by atoms with E-state index in [0.29, 0.717) is 52.4 Å². The van der Waals surface area contributed by atoms with Gasteiger partial charge in [-0.25, -0.2) is 14.1 Å². The summed E-state index contributed by atoms with van der Waals surface area (Å²) in [5.74, 6) is 0.197. The highest BCUT2D eigenvalue weighted by Gasteiger charge is 2.51. The number of rotatable bonds is 7. The summed E-state index contributed by atoms with van der Waals surface area (Å²) in [5, 5.41) is 24.7. The zero-order chi connectivity index (χ0) is 36.2. The van der Waals surface area contributed by atoms with Crippen LogP contribution >= 0.6 is 23.2 Å². The molecular formula is C40H41Cl2FN8O. The van der Waals surface area contributed by atoms with Gasteiger partial charge >= 0.3 is 0 Å². The lowest BCUT2D eigenvalue weighted by Gasteiger charge is -2.39. The number of fused-ring (bicyclic) bond motifs is 4. The molecule has 2 aliphatic carbocycles. The van der Waals surface area contributed by atoms with Crippen LogP contribution in [0.15, 0.2) is 36.5 Å². The fourth-order valence-electron chi connectivity index (χ4n) is 8.99. The Bertz CT molecular complexity index is 2320. The predicted octanol–water partition coefficient (Wildman–Crippen LogP) is 8.41. The smallest absolute Gasteiger partial charge is 0.226 e. The summed E-state index contributed by atoms with van der Waals surface area (Å²) >= 11 is 13.1. The molecule has 1 N–H and O–H groups in total. The van der Waals surface area contributed by atoms with E-state index in [2.05, 4.69) is 58.0 Å². The van der Waals surface area contributed by atoms with E-state index in [0.717, 1.165) is 53.8 Å². The third-order valence-corrected chi connectivity index (χ3v) is 12.7. The molecule has 52 heavy (non-hydrogen) atoms. The number of halogens is 3. The van der Waals surface area contributed by atoms with Crippen LogP contribution in [0.25, 0.3) is 32.9 Å². The summed E-state index contributed by atoms with van der Waals surface area (Å²) in [4.78, 5) is 21.1. The lowest BCUT2D eigenvalue weighted by molar-refractivity contribution is -0.133. The van der Waals surface area contributed by atoms with E-state index in [-0.39, 0.29) is 58.4 Å². The number of aromatic nitrogens is 5. The van der Waals surface area contributed by atoms with Crippen LogP contribution in [0.3, 0.4) is 0 Å². The van der Waals surface area contributed by atoms with Gasteiger partial charge in [0.2, 0.25) is 5.91 Å². The molecule has 1 amide bonds. The molecule has 6 heterocycles. The number of aryl methyl sites for hydroxylation is 2. The minimum atomic E-state index is -0.476. The van der Waals surface area contributed by atoms with Crippen LogP contribution in [0.5, 0.6) is 0 Å². The zero-order valence-electron chi connectivity index (χ0n) is 29.8. The van der Waals surface area contributed by atoms with Crippen molar-refractivity contribution in [3.8, 4) is 17.2 Å². The first-order valence-electron chi connectivity index (χ1n) is 18.4. The molecule has 5 aromatic rings. The Morgan fingerprint density at radius 1 is 1.15 bits per heavy atom. The van der Waals surface area contributed by atoms with Gasteiger partial charge in [0.1, 0.15) is 5.52 Å². The highest BCUT2D eigenvalue weighted by Crippen LogP contribution is 2.52. The molecule has 2 aromatic carbocycles. The molecule has 12 heteroatoms. The highest BCUT2D eigenvalue weighted by molar-refractivity contribution is 6.43. The van der Waals surface area contributed by atoms with E-state index < -0.39 is 5.82 Å². The topological polar surface area (TPSA) is 105 Å². The Morgan fingerprint density at radius 3 is 2.63 bits per heavy atom. The monoisotopic (exact) mass is 738 g/mol. The maximum Gasteiger partial charge on any atom is 0.226 e. The summed E-state index contributed by atoms with van der Waals surface area (Å²) in [6.07, 6.45) is 6.20. The van der Waals surface area contributed by atoms with Gasteiger partial charge < -0.3 is 14.8 Å². The number of amides is 1. The molecule has 5 fully saturated rings. The van der Waals surface area contributed by atoms with Crippen LogP contribution in [0, 0.1) is 35.9 Å². The van der Waals surface area contributed by atoms with Crippen LogP contribution < -0.4 is 5.32 Å². The third-order valence-electron chi connectivity index (χ3n) is 11.9. The van der Waals surface area contributed by atoms with Gasteiger partial charge in [-0.2, -0.15) is 5.26 Å². The number of carbonyl (C=O) groups excluding carboxylic acids is 1. The molecule has 0 radical (unpaired) electrons. The van der Waals surface area contributed by atoms with Crippen molar-refractivity contribution in [1.29, 1.82) is 5.26 Å². The summed E-state index contributed by atoms with van der Waals surface area (Å²) in [6.45, 7) is 9.79. The first-order valence-corrected chi connectivity index (χ1v) is 19.1. The molecule has 3 saturated heterocycles. The Balaban J connectivity index is 1.27. The number of hydrogen-bond acceptors (Lipinski definition) is 6. The van der Waals surface area contributed by atoms with E-state index in [9.17, 15) is 10.1 Å². The number of nitriles is 1. The maximum absolute atomic E-state index is 17.2. The number of likely N-dealkylation sites (tertiary alicyclic amines) is 1. The predicted molar refractivity (Wildman–Crippen MR) is 200 cm³/mol. The quantitative estimate of drug-likeness (QED) is 0.180. The second-order valence-corrected chi connectivity index (χ2v) is 17.1. The number of carbonyl (C=O) groups is 1. The minimum Gasteiger partial charge on any atom is -0.337 e. The zero-order valence-corrected chi connectivity index (χ0v) is 31.3. The fraction of sp³-hybridized carbons (Fsp3) is 0.475. The number of hydrogen-bond donors (Lipinski definition) is 1. The van der Waals surface area contributed by atoms with Gasteiger partial charge in [-0.3, -0.25) is 4.79 Å². The van der Waals surface area contributed by atoms with Crippen molar-refractivity contribution in [3.05, 3.63) is 75.0 Å². The normalized spacial score (nSPS) is 24.2. The van der Waals surface area contributed by atoms with Crippen molar-refractivity contribution >= 4 is 50.9 Å². The number of nitrogens with one attached hydrogen (secondary N) is 1. The first kappa shape index (κ1) is 33.8. The van der Waals surface area contributed by atoms with Gasteiger partial charge in [-0.05, 0) is 68.7 Å². The van der Waals surface area contributed by atoms with Gasteiger partial charge in [0.25, 0.3) is 0 Å². The number of pyridine rings is 1. The van der Waals surface area contributed by atoms with Gasteiger partial charge in [-0.15, -0.1) is 5.10 Å². The summed E-state index contributed by atoms with van der Waals surface area (Å²) < 4.78 is 21.6. The molecule has 2 saturated carbocycles. The van der Waals surface area contributed by atoms with Crippen molar-refractivity contribution in [2.24, 2.45) is 11.8 Å². The van der Waals surface area contributed by atoms with Crippen LogP contribution in [0.1, 0.15) is 93.6 Å². The Labute approximate surface area is 312 Å². The molecule has 0 spiro atoms. The lowest BCUT2D eigenvalue weighted by Crippen LogP contribution is -2.41. The Kier molecular flexibility index (Phi) is 7.96. The summed E-state index contributed by atoms with van der Waals surface area (Å²) in [7, 11) is 0. The lowest BCUT2D eigenvalue weighted by atomic mass is 9.79. The van der Waals surface area contributed by atoms with Gasteiger partial charge in [0.15, 0.2) is 5.82 Å². The van der Waals surface area contributed by atoms with Crippen LogP contribution in [-0.4, -0.2) is 54.5 Å². The van der Waals surface area contributed by atoms with Gasteiger partial charge in [0.05, 0.1) is 45.5 Å². The van der Waals surface area contributed by atoms with Crippen LogP contribution in [-0.2, 0) is 16.6 Å². The Hall–Kier alpha value is -4.04. The van der Waals surface area contributed by atoms with Crippen molar-refractivity contribution in [1.82, 2.24) is 34.8 Å². The maximum atomic E-state index is 17.2. The van der Waals surface area contributed by atoms with Crippen molar-refractivity contribution in [2.45, 2.75) is 95.8 Å². The highest BCUT2D eigenvalue weighted by atomic mass is 35.5. The average Bonchev–Trinajstić information content (AvgIpc) is 3.61. The fourth-order valence-corrected chi connectivity index (χ4v) is 9.39. The Morgan fingerprint density at radius 2 is 1.96 bits per heavy atom. The molecule has 9 nitrogen and oxygen atoms in total. The van der Waals surface area contributed by atoms with Crippen molar-refractivity contribution in [3.63, 3.8) is 0 Å². The summed E-state index contributed by atoms with van der Waals surface area (Å²) in [6, 6.07) is 11.9. The minimum absolute atomic E-state index is 0.0324. The van der Waals surface area contributed by atoms with Gasteiger partial charge in [0, 0.05) is 76.4 Å². The molecular weight excluding hydrogens is 698 g/mol. The second-order valence-electron chi connectivity index (χ2n) is 16.3. The molecule has 0 unspecified atom stereocenters. The largest absolute Gasteiger partial charge is 0.337 e. The van der Waals surface area contributed by atoms with Crippen molar-refractivity contribution < 1.29 is 9.18 Å². The molecule has 10 rings (SSSR count). The summed E-state index contributed by atoms with van der Waals surface area (Å²) in [5.41, 5.74) is 5.23. The third kappa shape index (κ3) is 5.26. The molecule has 3 aromatic heterocycles.